The van der Waals surface area contributed by atoms with E-state index in [0.717, 1.165) is 67.5 Å². The second-order valence-electron chi connectivity index (χ2n) is 18.5. The Morgan fingerprint density at radius 2 is 0.417 bits per heavy atom. The summed E-state index contributed by atoms with van der Waals surface area (Å²) in [4.78, 5) is 0. The quantitative estimate of drug-likeness (QED) is 0.121. The fourth-order valence-corrected chi connectivity index (χ4v) is 10.6. The van der Waals surface area contributed by atoms with Gasteiger partial charge in [-0.3, -0.25) is 0 Å². The summed E-state index contributed by atoms with van der Waals surface area (Å²) >= 11 is 0. The lowest BCUT2D eigenvalue weighted by atomic mass is 9.90. The van der Waals surface area contributed by atoms with Crippen molar-refractivity contribution in [1.82, 2.24) is 9.13 Å². The van der Waals surface area contributed by atoms with Crippen molar-refractivity contribution in [1.29, 1.82) is 0 Å². The predicted octanol–water partition coefficient (Wildman–Crippen LogP) is 18.9. The highest BCUT2D eigenvalue weighted by Crippen LogP contribution is 2.43. The average Bonchev–Trinajstić information content (AvgIpc) is 4.12. The SMILES string of the molecule is c1ccc(-c2ccc(-c3cc(-n4c(-c5ccccc5)ccc4-c4ccccc4)cc4cc5c(-c6ccc(-c7ccccc7)cc6)cc(-n6c(-c7ccccc7)ccc6-c6ccccc6)cc5cc34)cc2)cc1. The van der Waals surface area contributed by atoms with Gasteiger partial charge in [-0.15, -0.1) is 0 Å². The first-order valence-electron chi connectivity index (χ1n) is 24.7. The number of aromatic nitrogens is 2. The predicted molar refractivity (Wildman–Crippen MR) is 304 cm³/mol. The van der Waals surface area contributed by atoms with Crippen LogP contribution in [-0.4, -0.2) is 9.13 Å². The molecule has 13 aromatic rings. The Bertz CT molecular complexity index is 3620. The van der Waals surface area contributed by atoms with Gasteiger partial charge in [0.25, 0.3) is 0 Å². The van der Waals surface area contributed by atoms with Crippen LogP contribution in [0.5, 0.6) is 0 Å². The van der Waals surface area contributed by atoms with Gasteiger partial charge in [-0.1, -0.05) is 231 Å². The molecule has 72 heavy (non-hydrogen) atoms. The van der Waals surface area contributed by atoms with Crippen molar-refractivity contribution in [2.24, 2.45) is 0 Å². The lowest BCUT2D eigenvalue weighted by molar-refractivity contribution is 1.10. The van der Waals surface area contributed by atoms with Gasteiger partial charge in [-0.25, -0.2) is 0 Å². The van der Waals surface area contributed by atoms with Gasteiger partial charge in [0, 0.05) is 11.4 Å². The first-order chi connectivity index (χ1) is 35.7. The van der Waals surface area contributed by atoms with E-state index in [1.54, 1.807) is 0 Å². The van der Waals surface area contributed by atoms with Crippen LogP contribution in [0.4, 0.5) is 0 Å². The van der Waals surface area contributed by atoms with E-state index in [2.05, 4.69) is 300 Å². The zero-order valence-corrected chi connectivity index (χ0v) is 39.6. The molecule has 0 radical (unpaired) electrons. The van der Waals surface area contributed by atoms with Crippen LogP contribution in [0.15, 0.2) is 291 Å². The molecule has 0 saturated carbocycles. The van der Waals surface area contributed by atoms with E-state index in [0.29, 0.717) is 0 Å². The maximum Gasteiger partial charge on any atom is 0.0535 e. The normalized spacial score (nSPS) is 11.3. The van der Waals surface area contributed by atoms with Gasteiger partial charge in [0.15, 0.2) is 0 Å². The van der Waals surface area contributed by atoms with Crippen LogP contribution >= 0.6 is 0 Å². The van der Waals surface area contributed by atoms with E-state index in [9.17, 15) is 0 Å². The van der Waals surface area contributed by atoms with Crippen molar-refractivity contribution in [2.45, 2.75) is 0 Å². The van der Waals surface area contributed by atoms with E-state index >= 15 is 0 Å². The summed E-state index contributed by atoms with van der Waals surface area (Å²) in [5.41, 5.74) is 20.9. The summed E-state index contributed by atoms with van der Waals surface area (Å²) in [5.74, 6) is 0. The van der Waals surface area contributed by atoms with Gasteiger partial charge in [0.05, 0.1) is 22.8 Å². The molecule has 0 N–H and O–H groups in total. The maximum absolute atomic E-state index is 2.45. The zero-order chi connectivity index (χ0) is 47.8. The Hall–Kier alpha value is -9.50. The molecule has 2 nitrogen and oxygen atoms in total. The van der Waals surface area contributed by atoms with Crippen LogP contribution in [0.25, 0.3) is 122 Å². The summed E-state index contributed by atoms with van der Waals surface area (Å²) in [7, 11) is 0. The maximum atomic E-state index is 2.45. The molecule has 0 aliphatic rings. The Balaban J connectivity index is 1.10. The fourth-order valence-electron chi connectivity index (χ4n) is 10.6. The molecule has 0 unspecified atom stereocenters. The number of hydrogen-bond acceptors (Lipinski definition) is 0. The summed E-state index contributed by atoms with van der Waals surface area (Å²) in [6, 6.07) is 106. The molecule has 13 rings (SSSR count). The van der Waals surface area contributed by atoms with E-state index in [1.165, 1.54) is 54.9 Å². The van der Waals surface area contributed by atoms with Crippen LogP contribution < -0.4 is 0 Å². The van der Waals surface area contributed by atoms with Crippen molar-refractivity contribution in [2.75, 3.05) is 0 Å². The molecule has 0 fully saturated rings. The molecule has 0 amide bonds. The average molecular weight is 917 g/mol. The lowest BCUT2D eigenvalue weighted by Crippen LogP contribution is -2.01. The molecule has 0 bridgehead atoms. The van der Waals surface area contributed by atoms with E-state index in [-0.39, 0.29) is 0 Å². The summed E-state index contributed by atoms with van der Waals surface area (Å²) < 4.78 is 4.90. The van der Waals surface area contributed by atoms with Gasteiger partial charge in [-0.05, 0) is 149 Å². The fraction of sp³-hybridized carbons (Fsp3) is 0. The Morgan fingerprint density at radius 1 is 0.181 bits per heavy atom. The Morgan fingerprint density at radius 3 is 0.694 bits per heavy atom. The summed E-state index contributed by atoms with van der Waals surface area (Å²) in [6.07, 6.45) is 0. The second kappa shape index (κ2) is 18.4. The number of fused-ring (bicyclic) bond motifs is 2. The van der Waals surface area contributed by atoms with Crippen LogP contribution in [-0.2, 0) is 0 Å². The number of hydrogen-bond donors (Lipinski definition) is 0. The van der Waals surface area contributed by atoms with Gasteiger partial charge < -0.3 is 9.13 Å². The summed E-state index contributed by atoms with van der Waals surface area (Å²) in [5, 5.41) is 4.71. The third-order valence-corrected chi connectivity index (χ3v) is 14.2. The standard InChI is InChI=1S/C70H48N2/c1-7-19-49(20-8-1)51-31-35-53(36-32-51)65-47-61(71-67(55-23-11-3-12-24-55)39-40-68(71)56-25-13-4-14-26-56)43-59-46-64-60(45-63(59)65)44-62(48-66(64)54-37-33-52(34-38-54)50-21-9-2-10-22-50)72-69(57-27-15-5-16-28-57)41-42-70(72)58-29-17-6-18-30-58/h1-48H. The topological polar surface area (TPSA) is 9.86 Å². The van der Waals surface area contributed by atoms with Crippen molar-refractivity contribution in [3.63, 3.8) is 0 Å². The number of nitrogens with zero attached hydrogens (tertiary/aromatic N) is 2. The highest BCUT2D eigenvalue weighted by molar-refractivity contribution is 6.11. The van der Waals surface area contributed by atoms with Crippen molar-refractivity contribution < 1.29 is 0 Å². The van der Waals surface area contributed by atoms with E-state index in [4.69, 9.17) is 0 Å². The van der Waals surface area contributed by atoms with Gasteiger partial charge in [0.1, 0.15) is 0 Å². The molecular formula is C70H48N2. The molecule has 0 atom stereocenters. The lowest BCUT2D eigenvalue weighted by Gasteiger charge is -2.20. The largest absolute Gasteiger partial charge is 0.309 e. The molecule has 0 spiro atoms. The molecule has 0 aliphatic carbocycles. The molecule has 2 heteroatoms. The third kappa shape index (κ3) is 7.92. The van der Waals surface area contributed by atoms with Crippen LogP contribution in [0.1, 0.15) is 0 Å². The molecule has 2 aromatic heterocycles. The van der Waals surface area contributed by atoms with Crippen LogP contribution in [0.2, 0.25) is 0 Å². The highest BCUT2D eigenvalue weighted by Gasteiger charge is 2.20. The minimum atomic E-state index is 1.10. The molecule has 0 saturated heterocycles. The molecule has 2 heterocycles. The minimum absolute atomic E-state index is 1.10. The van der Waals surface area contributed by atoms with Crippen LogP contribution in [0, 0.1) is 0 Å². The highest BCUT2D eigenvalue weighted by atomic mass is 15.0. The first kappa shape index (κ1) is 42.6. The van der Waals surface area contributed by atoms with Gasteiger partial charge >= 0.3 is 0 Å². The van der Waals surface area contributed by atoms with Crippen molar-refractivity contribution in [3.05, 3.63) is 291 Å². The number of benzene rings is 11. The molecule has 11 aromatic carbocycles. The van der Waals surface area contributed by atoms with Gasteiger partial charge in [0.2, 0.25) is 0 Å². The summed E-state index contributed by atoms with van der Waals surface area (Å²) in [6.45, 7) is 0. The van der Waals surface area contributed by atoms with E-state index in [1.807, 2.05) is 0 Å². The van der Waals surface area contributed by atoms with Crippen molar-refractivity contribution >= 4 is 21.5 Å². The van der Waals surface area contributed by atoms with E-state index < -0.39 is 0 Å². The monoisotopic (exact) mass is 916 g/mol. The van der Waals surface area contributed by atoms with Gasteiger partial charge in [-0.2, -0.15) is 0 Å². The third-order valence-electron chi connectivity index (χ3n) is 14.2. The number of rotatable bonds is 10. The second-order valence-corrected chi connectivity index (χ2v) is 18.5. The molecular weight excluding hydrogens is 869 g/mol. The minimum Gasteiger partial charge on any atom is -0.309 e. The zero-order valence-electron chi connectivity index (χ0n) is 39.6. The molecule has 338 valence electrons. The van der Waals surface area contributed by atoms with Crippen molar-refractivity contribution in [3.8, 4) is 101 Å². The first-order valence-corrected chi connectivity index (χ1v) is 24.7. The smallest absolute Gasteiger partial charge is 0.0535 e. The Kier molecular flexibility index (Phi) is 10.9. The molecule has 0 aliphatic heterocycles. The van der Waals surface area contributed by atoms with Crippen LogP contribution in [0.3, 0.4) is 0 Å². The Labute approximate surface area is 420 Å².